The van der Waals surface area contributed by atoms with Gasteiger partial charge in [0.25, 0.3) is 0 Å². The fourth-order valence-corrected chi connectivity index (χ4v) is 3.09. The van der Waals surface area contributed by atoms with Crippen LogP contribution in [0.1, 0.15) is 28.7 Å². The fourth-order valence-electron chi connectivity index (χ4n) is 3.09. The van der Waals surface area contributed by atoms with Crippen LogP contribution in [0.3, 0.4) is 0 Å². The molecule has 0 bridgehead atoms. The molecule has 0 radical (unpaired) electrons. The normalized spacial score (nSPS) is 12.5. The number of nitrogens with one attached hydrogen (secondary N) is 2. The van der Waals surface area contributed by atoms with E-state index < -0.39 is 30.1 Å². The average Bonchev–Trinajstić information content (AvgIpc) is 2.73. The maximum absolute atomic E-state index is 12.2. The van der Waals surface area contributed by atoms with Crippen LogP contribution in [0.15, 0.2) is 48.5 Å². The van der Waals surface area contributed by atoms with E-state index >= 15 is 0 Å². The number of carbonyl (C=O) groups excluding carboxylic acids is 2. The lowest BCUT2D eigenvalue weighted by atomic mass is 9.96. The summed E-state index contributed by atoms with van der Waals surface area (Å²) >= 11 is 0. The van der Waals surface area contributed by atoms with Gasteiger partial charge in [-0.15, -0.1) is 0 Å². The third-order valence-electron chi connectivity index (χ3n) is 4.80. The van der Waals surface area contributed by atoms with Crippen LogP contribution in [0.4, 0.5) is 4.79 Å². The predicted molar refractivity (Wildman–Crippen MR) is 114 cm³/mol. The number of carboxylic acids is 1. The van der Waals surface area contributed by atoms with Gasteiger partial charge in [0.05, 0.1) is 12.5 Å². The predicted octanol–water partition coefficient (Wildman–Crippen LogP) is 2.09. The van der Waals surface area contributed by atoms with Gasteiger partial charge < -0.3 is 25.6 Å². The Balaban J connectivity index is 1.78. The zero-order valence-corrected chi connectivity index (χ0v) is 17.6. The van der Waals surface area contributed by atoms with Gasteiger partial charge in [-0.25, -0.2) is 9.59 Å². The van der Waals surface area contributed by atoms with Crippen LogP contribution in [0.25, 0.3) is 0 Å². The highest BCUT2D eigenvalue weighted by Gasteiger charge is 2.23. The number of amides is 2. The highest BCUT2D eigenvalue weighted by Crippen LogP contribution is 2.15. The average molecular weight is 428 g/mol. The van der Waals surface area contributed by atoms with Crippen molar-refractivity contribution in [2.45, 2.75) is 45.4 Å². The molecule has 0 unspecified atom stereocenters. The van der Waals surface area contributed by atoms with E-state index in [2.05, 4.69) is 10.6 Å². The van der Waals surface area contributed by atoms with E-state index in [1.54, 1.807) is 0 Å². The zero-order chi connectivity index (χ0) is 22.8. The van der Waals surface area contributed by atoms with E-state index in [4.69, 9.17) is 4.74 Å². The number of alkyl carbamates (subject to hydrolysis) is 1. The van der Waals surface area contributed by atoms with Crippen molar-refractivity contribution < 1.29 is 29.3 Å². The molecule has 0 heterocycles. The summed E-state index contributed by atoms with van der Waals surface area (Å²) in [6.45, 7) is 3.66. The first-order valence-corrected chi connectivity index (χ1v) is 9.96. The summed E-state index contributed by atoms with van der Waals surface area (Å²) in [6, 6.07) is 13.6. The third kappa shape index (κ3) is 8.10. The first kappa shape index (κ1) is 23.9. The minimum atomic E-state index is -1.18. The molecule has 0 saturated carbocycles. The number of aliphatic carboxylic acids is 1. The van der Waals surface area contributed by atoms with Gasteiger partial charge in [0.15, 0.2) is 0 Å². The smallest absolute Gasteiger partial charge is 0.407 e. The standard InChI is InChI=1S/C23H28N2O6/c1-15-7-6-8-16(2)19(15)12-20(22(28)29)25-21(27)11-18(26)13-24-23(30)31-14-17-9-4-3-5-10-17/h3-10,18,20,26H,11-14H2,1-2H3,(H,24,30)(H,25,27)(H,28,29)/t18-,20+/m0/s1. The van der Waals surface area contributed by atoms with Gasteiger partial charge in [0, 0.05) is 13.0 Å². The van der Waals surface area contributed by atoms with E-state index in [-0.39, 0.29) is 26.0 Å². The molecule has 0 aliphatic heterocycles. The Morgan fingerprint density at radius 3 is 2.26 bits per heavy atom. The second-order valence-corrected chi connectivity index (χ2v) is 7.33. The summed E-state index contributed by atoms with van der Waals surface area (Å²) in [4.78, 5) is 35.5. The quantitative estimate of drug-likeness (QED) is 0.459. The summed E-state index contributed by atoms with van der Waals surface area (Å²) in [6.07, 6.45) is -2.12. The van der Waals surface area contributed by atoms with Gasteiger partial charge in [-0.3, -0.25) is 4.79 Å². The molecule has 2 aromatic rings. The first-order valence-electron chi connectivity index (χ1n) is 9.96. The van der Waals surface area contributed by atoms with Crippen LogP contribution in [-0.2, 0) is 27.4 Å². The van der Waals surface area contributed by atoms with E-state index in [1.165, 1.54) is 0 Å². The number of carbonyl (C=O) groups is 3. The third-order valence-corrected chi connectivity index (χ3v) is 4.80. The number of aliphatic hydroxyl groups is 1. The zero-order valence-electron chi connectivity index (χ0n) is 17.6. The summed E-state index contributed by atoms with van der Waals surface area (Å²) in [5.41, 5.74) is 3.57. The van der Waals surface area contributed by atoms with Crippen molar-refractivity contribution >= 4 is 18.0 Å². The molecule has 166 valence electrons. The van der Waals surface area contributed by atoms with Crippen molar-refractivity contribution in [1.29, 1.82) is 0 Å². The Morgan fingerprint density at radius 2 is 1.65 bits per heavy atom. The van der Waals surface area contributed by atoms with Crippen LogP contribution in [0.5, 0.6) is 0 Å². The highest BCUT2D eigenvalue weighted by molar-refractivity contribution is 5.84. The number of hydrogen-bond acceptors (Lipinski definition) is 5. The van der Waals surface area contributed by atoms with Crippen molar-refractivity contribution in [3.8, 4) is 0 Å². The first-order chi connectivity index (χ1) is 14.8. The van der Waals surface area contributed by atoms with E-state index in [0.29, 0.717) is 0 Å². The monoisotopic (exact) mass is 428 g/mol. The molecule has 0 saturated heterocycles. The van der Waals surface area contributed by atoms with Gasteiger partial charge in [-0.2, -0.15) is 0 Å². The van der Waals surface area contributed by atoms with Crippen molar-refractivity contribution in [2.24, 2.45) is 0 Å². The van der Waals surface area contributed by atoms with Gasteiger partial charge in [-0.1, -0.05) is 48.5 Å². The molecule has 0 aliphatic rings. The molecule has 0 spiro atoms. The van der Waals surface area contributed by atoms with Gasteiger partial charge in [0.1, 0.15) is 12.6 Å². The SMILES string of the molecule is Cc1cccc(C)c1C[C@@H](NC(=O)C[C@H](O)CNC(=O)OCc1ccccc1)C(=O)O. The fraction of sp³-hybridized carbons (Fsp3) is 0.348. The van der Waals surface area contributed by atoms with E-state index in [1.807, 2.05) is 62.4 Å². The maximum atomic E-state index is 12.2. The van der Waals surface area contributed by atoms with E-state index in [0.717, 1.165) is 22.3 Å². The molecule has 0 aromatic heterocycles. The lowest BCUT2D eigenvalue weighted by Crippen LogP contribution is -2.44. The Morgan fingerprint density at radius 1 is 1.00 bits per heavy atom. The number of aliphatic hydroxyl groups excluding tert-OH is 1. The van der Waals surface area contributed by atoms with Gasteiger partial charge in [-0.05, 0) is 36.1 Å². The molecular formula is C23H28N2O6. The van der Waals surface area contributed by atoms with Crippen molar-refractivity contribution in [3.63, 3.8) is 0 Å². The summed E-state index contributed by atoms with van der Waals surface area (Å²) < 4.78 is 5.03. The molecule has 2 aromatic carbocycles. The molecule has 4 N–H and O–H groups in total. The van der Waals surface area contributed by atoms with Crippen LogP contribution in [0.2, 0.25) is 0 Å². The minimum Gasteiger partial charge on any atom is -0.480 e. The van der Waals surface area contributed by atoms with E-state index in [9.17, 15) is 24.6 Å². The number of hydrogen-bond donors (Lipinski definition) is 4. The minimum absolute atomic E-state index is 0.0852. The van der Waals surface area contributed by atoms with Crippen LogP contribution in [0, 0.1) is 13.8 Å². The molecule has 8 heteroatoms. The second kappa shape index (κ2) is 11.7. The lowest BCUT2D eigenvalue weighted by Gasteiger charge is -2.18. The summed E-state index contributed by atoms with van der Waals surface area (Å²) in [7, 11) is 0. The van der Waals surface area contributed by atoms with Crippen molar-refractivity contribution in [2.75, 3.05) is 6.54 Å². The van der Waals surface area contributed by atoms with Gasteiger partial charge >= 0.3 is 12.1 Å². The van der Waals surface area contributed by atoms with Crippen molar-refractivity contribution in [3.05, 3.63) is 70.8 Å². The van der Waals surface area contributed by atoms with Crippen LogP contribution >= 0.6 is 0 Å². The Kier molecular flexibility index (Phi) is 9.02. The number of aryl methyl sites for hydroxylation is 2. The number of rotatable bonds is 10. The highest BCUT2D eigenvalue weighted by atomic mass is 16.5. The molecule has 2 rings (SSSR count). The lowest BCUT2D eigenvalue weighted by molar-refractivity contribution is -0.142. The molecule has 0 fully saturated rings. The maximum Gasteiger partial charge on any atom is 0.407 e. The number of carboxylic acid groups (broad SMARTS) is 1. The van der Waals surface area contributed by atoms with Crippen LogP contribution in [-0.4, -0.2) is 46.9 Å². The Labute approximate surface area is 181 Å². The second-order valence-electron chi connectivity index (χ2n) is 7.33. The van der Waals surface area contributed by atoms with Gasteiger partial charge in [0.2, 0.25) is 5.91 Å². The largest absolute Gasteiger partial charge is 0.480 e. The van der Waals surface area contributed by atoms with Crippen molar-refractivity contribution in [1.82, 2.24) is 10.6 Å². The summed E-state index contributed by atoms with van der Waals surface area (Å²) in [5.74, 6) is -1.78. The summed E-state index contributed by atoms with van der Waals surface area (Å²) in [5, 5.41) is 24.3. The Hall–Kier alpha value is -3.39. The molecule has 31 heavy (non-hydrogen) atoms. The topological polar surface area (TPSA) is 125 Å². The molecule has 2 atom stereocenters. The molecular weight excluding hydrogens is 400 g/mol. The molecule has 0 aliphatic carbocycles. The Bertz CT molecular complexity index is 880. The number of benzene rings is 2. The molecule has 2 amide bonds. The molecule has 8 nitrogen and oxygen atoms in total. The van der Waals surface area contributed by atoms with Crippen LogP contribution < -0.4 is 10.6 Å². The number of ether oxygens (including phenoxy) is 1.